The summed E-state index contributed by atoms with van der Waals surface area (Å²) < 4.78 is 29.7. The van der Waals surface area contributed by atoms with Crippen LogP contribution in [-0.2, 0) is 10.0 Å². The van der Waals surface area contributed by atoms with E-state index in [9.17, 15) is 8.42 Å². The van der Waals surface area contributed by atoms with Gasteiger partial charge in [-0.2, -0.15) is 10.4 Å². The van der Waals surface area contributed by atoms with Crippen LogP contribution in [0.2, 0.25) is 0 Å². The van der Waals surface area contributed by atoms with Gasteiger partial charge in [-0.1, -0.05) is 12.1 Å². The Kier molecular flexibility index (Phi) is 3.79. The van der Waals surface area contributed by atoms with Crippen molar-refractivity contribution in [3.8, 4) is 11.8 Å². The Balaban J connectivity index is 1.79. The Labute approximate surface area is 154 Å². The number of fused-ring (bicyclic) bond motifs is 1. The smallest absolute Gasteiger partial charge is 0.264 e. The van der Waals surface area contributed by atoms with Crippen molar-refractivity contribution in [2.75, 3.05) is 10.5 Å². The van der Waals surface area contributed by atoms with Crippen molar-refractivity contribution >= 4 is 32.6 Å². The third-order valence-corrected chi connectivity index (χ3v) is 5.41. The van der Waals surface area contributed by atoms with Crippen LogP contribution < -0.4 is 10.5 Å². The van der Waals surface area contributed by atoms with Gasteiger partial charge in [-0.3, -0.25) is 4.72 Å². The highest BCUT2D eigenvalue weighted by molar-refractivity contribution is 7.93. The number of nitrogens with two attached hydrogens (primary N) is 1. The van der Waals surface area contributed by atoms with Gasteiger partial charge in [-0.25, -0.2) is 18.1 Å². The maximum absolute atomic E-state index is 12.9. The summed E-state index contributed by atoms with van der Waals surface area (Å²) >= 11 is 0. The van der Waals surface area contributed by atoms with E-state index in [4.69, 9.17) is 11.0 Å². The molecule has 0 fully saturated rings. The van der Waals surface area contributed by atoms with Crippen molar-refractivity contribution < 1.29 is 8.42 Å². The topological polar surface area (TPSA) is 142 Å². The number of aromatic nitrogens is 4. The molecule has 0 bridgehead atoms. The first kappa shape index (κ1) is 16.6. The van der Waals surface area contributed by atoms with Crippen LogP contribution in [0, 0.1) is 11.3 Å². The van der Waals surface area contributed by atoms with Gasteiger partial charge in [0.15, 0.2) is 0 Å². The minimum absolute atomic E-state index is 0.0755. The van der Waals surface area contributed by atoms with Crippen molar-refractivity contribution in [3.63, 3.8) is 0 Å². The maximum Gasteiger partial charge on any atom is 0.264 e. The van der Waals surface area contributed by atoms with Gasteiger partial charge in [-0.05, 0) is 24.3 Å². The normalized spacial score (nSPS) is 11.4. The average molecular weight is 379 g/mol. The molecule has 4 rings (SSSR count). The molecule has 0 unspecified atom stereocenters. The van der Waals surface area contributed by atoms with Gasteiger partial charge in [0, 0.05) is 17.8 Å². The fourth-order valence-corrected chi connectivity index (χ4v) is 3.97. The molecule has 0 atom stereocenters. The van der Waals surface area contributed by atoms with E-state index in [1.807, 2.05) is 6.07 Å². The number of sulfonamides is 1. The molecule has 0 spiro atoms. The number of hydrogen-bond donors (Lipinski definition) is 3. The highest BCUT2D eigenvalue weighted by Gasteiger charge is 2.22. The molecule has 134 valence electrons. The van der Waals surface area contributed by atoms with Crippen LogP contribution >= 0.6 is 0 Å². The quantitative estimate of drug-likeness (QED) is 0.495. The number of hydrogen-bond acceptors (Lipinski definition) is 6. The van der Waals surface area contributed by atoms with Gasteiger partial charge >= 0.3 is 0 Å². The SMILES string of the molecule is N#Cc1cnn(-c2ccccc2NS(=O)(=O)c2c[nH]c3ncccc23)c1N. The second-order valence-electron chi connectivity index (χ2n) is 5.64. The minimum atomic E-state index is -3.91. The van der Waals surface area contributed by atoms with Crippen LogP contribution in [0.15, 0.2) is 59.9 Å². The molecule has 0 aliphatic carbocycles. The van der Waals surface area contributed by atoms with Gasteiger partial charge in [0.1, 0.15) is 28.0 Å². The Morgan fingerprint density at radius 3 is 2.81 bits per heavy atom. The molecule has 27 heavy (non-hydrogen) atoms. The number of nitrogens with one attached hydrogen (secondary N) is 2. The van der Waals surface area contributed by atoms with Gasteiger partial charge in [-0.15, -0.1) is 0 Å². The zero-order chi connectivity index (χ0) is 19.0. The molecule has 0 saturated carbocycles. The number of aromatic amines is 1. The van der Waals surface area contributed by atoms with Crippen LogP contribution in [0.1, 0.15) is 5.56 Å². The van der Waals surface area contributed by atoms with Crippen LogP contribution in [0.3, 0.4) is 0 Å². The van der Waals surface area contributed by atoms with Gasteiger partial charge in [0.05, 0.1) is 17.6 Å². The van der Waals surface area contributed by atoms with Gasteiger partial charge in [0.2, 0.25) is 0 Å². The van der Waals surface area contributed by atoms with Crippen LogP contribution in [-0.4, -0.2) is 28.2 Å². The Morgan fingerprint density at radius 2 is 2.04 bits per heavy atom. The van der Waals surface area contributed by atoms with Crippen molar-refractivity contribution in [3.05, 3.63) is 60.6 Å². The lowest BCUT2D eigenvalue weighted by molar-refractivity contribution is 0.602. The third kappa shape index (κ3) is 2.76. The number of pyridine rings is 1. The molecule has 0 aliphatic heterocycles. The molecule has 10 heteroatoms. The lowest BCUT2D eigenvalue weighted by atomic mass is 10.2. The van der Waals surface area contributed by atoms with Gasteiger partial charge in [0.25, 0.3) is 10.0 Å². The average Bonchev–Trinajstić information content (AvgIpc) is 3.26. The molecule has 0 amide bonds. The summed E-state index contributed by atoms with van der Waals surface area (Å²) in [6, 6.07) is 11.9. The molecule has 4 aromatic rings. The zero-order valence-electron chi connectivity index (χ0n) is 13.8. The van der Waals surface area contributed by atoms with E-state index < -0.39 is 10.0 Å². The van der Waals surface area contributed by atoms with Crippen LogP contribution in [0.4, 0.5) is 11.5 Å². The summed E-state index contributed by atoms with van der Waals surface area (Å²) in [7, 11) is -3.91. The van der Waals surface area contributed by atoms with Crippen molar-refractivity contribution in [1.29, 1.82) is 5.26 Å². The minimum Gasteiger partial charge on any atom is -0.382 e. The number of nitriles is 1. The molecular weight excluding hydrogens is 366 g/mol. The third-order valence-electron chi connectivity index (χ3n) is 4.01. The van der Waals surface area contributed by atoms with E-state index in [1.165, 1.54) is 17.1 Å². The first-order valence-electron chi connectivity index (χ1n) is 7.79. The Morgan fingerprint density at radius 1 is 1.22 bits per heavy atom. The fraction of sp³-hybridized carbons (Fsp3) is 0. The summed E-state index contributed by atoms with van der Waals surface area (Å²) in [4.78, 5) is 7.02. The van der Waals surface area contributed by atoms with E-state index >= 15 is 0 Å². The largest absolute Gasteiger partial charge is 0.382 e. The Hall–Kier alpha value is -3.84. The van der Waals surface area contributed by atoms with Crippen molar-refractivity contribution in [2.45, 2.75) is 4.90 Å². The molecule has 4 N–H and O–H groups in total. The standard InChI is InChI=1S/C17H13N7O2S/c18-8-11-9-22-24(16(11)19)14-6-2-1-5-13(14)23-27(25,26)15-10-21-17-12(15)4-3-7-20-17/h1-7,9-10,23H,19H2,(H,20,21). The molecular formula is C17H13N7O2S. The number of nitrogen functional groups attached to an aromatic ring is 1. The molecule has 0 aliphatic rings. The monoisotopic (exact) mass is 379 g/mol. The summed E-state index contributed by atoms with van der Waals surface area (Å²) in [6.45, 7) is 0. The number of benzene rings is 1. The van der Waals surface area contributed by atoms with E-state index in [2.05, 4.69) is 19.8 Å². The molecule has 0 radical (unpaired) electrons. The van der Waals surface area contributed by atoms with Gasteiger partial charge < -0.3 is 10.7 Å². The van der Waals surface area contributed by atoms with Crippen LogP contribution in [0.25, 0.3) is 16.7 Å². The van der Waals surface area contributed by atoms with E-state index in [-0.39, 0.29) is 22.0 Å². The maximum atomic E-state index is 12.9. The number of anilines is 2. The number of nitrogens with zero attached hydrogens (tertiary/aromatic N) is 4. The summed E-state index contributed by atoms with van der Waals surface area (Å²) in [6.07, 6.45) is 4.29. The molecule has 9 nitrogen and oxygen atoms in total. The van der Waals surface area contributed by atoms with Crippen LogP contribution in [0.5, 0.6) is 0 Å². The predicted molar refractivity (Wildman–Crippen MR) is 99.6 cm³/mol. The predicted octanol–water partition coefficient (Wildman–Crippen LogP) is 2.00. The van der Waals surface area contributed by atoms with Crippen molar-refractivity contribution in [2.24, 2.45) is 0 Å². The molecule has 3 aromatic heterocycles. The summed E-state index contributed by atoms with van der Waals surface area (Å²) in [5.74, 6) is 0.125. The lowest BCUT2D eigenvalue weighted by Gasteiger charge is -2.13. The second-order valence-corrected chi connectivity index (χ2v) is 7.29. The first-order valence-corrected chi connectivity index (χ1v) is 9.27. The highest BCUT2D eigenvalue weighted by Crippen LogP contribution is 2.28. The number of para-hydroxylation sites is 2. The van der Waals surface area contributed by atoms with E-state index in [0.717, 1.165) is 0 Å². The highest BCUT2D eigenvalue weighted by atomic mass is 32.2. The van der Waals surface area contributed by atoms with E-state index in [0.29, 0.717) is 16.7 Å². The fourth-order valence-electron chi connectivity index (χ4n) is 2.73. The lowest BCUT2D eigenvalue weighted by Crippen LogP contribution is -2.15. The number of H-pyrrole nitrogens is 1. The molecule has 0 saturated heterocycles. The van der Waals surface area contributed by atoms with Crippen molar-refractivity contribution in [1.82, 2.24) is 19.7 Å². The molecule has 1 aromatic carbocycles. The van der Waals surface area contributed by atoms with E-state index in [1.54, 1.807) is 42.6 Å². The molecule has 3 heterocycles. The second kappa shape index (κ2) is 6.15. The Bertz CT molecular complexity index is 1300. The summed E-state index contributed by atoms with van der Waals surface area (Å²) in [5, 5.41) is 13.6. The summed E-state index contributed by atoms with van der Waals surface area (Å²) in [5.41, 5.74) is 7.29. The zero-order valence-corrected chi connectivity index (χ0v) is 14.6. The number of rotatable bonds is 4. The first-order chi connectivity index (χ1) is 13.0.